The molecule has 1 unspecified atom stereocenters. The van der Waals surface area contributed by atoms with Crippen LogP contribution in [0, 0.1) is 0 Å². The summed E-state index contributed by atoms with van der Waals surface area (Å²) in [7, 11) is -3.94. The van der Waals surface area contributed by atoms with Gasteiger partial charge < -0.3 is 10.2 Å². The van der Waals surface area contributed by atoms with Gasteiger partial charge in [-0.3, -0.25) is 13.9 Å². The highest BCUT2D eigenvalue weighted by atomic mass is 35.5. The molecule has 0 radical (unpaired) electrons. The first kappa shape index (κ1) is 32.7. The van der Waals surface area contributed by atoms with Crippen LogP contribution in [0.3, 0.4) is 0 Å². The quantitative estimate of drug-likeness (QED) is 0.310. The van der Waals surface area contributed by atoms with E-state index in [1.807, 2.05) is 6.92 Å². The fourth-order valence-corrected chi connectivity index (χ4v) is 6.27. The fourth-order valence-electron chi connectivity index (χ4n) is 5.12. The molecule has 0 saturated heterocycles. The smallest absolute Gasteiger partial charge is 0.352 e. The molecule has 0 aromatic heterocycles. The number of hydrogen-bond donors (Lipinski definition) is 1. The first-order chi connectivity index (χ1) is 19.3. The largest absolute Gasteiger partial charge is 0.416 e. The van der Waals surface area contributed by atoms with Crippen molar-refractivity contribution in [3.63, 3.8) is 0 Å². The van der Waals surface area contributed by atoms with Crippen LogP contribution in [0.25, 0.3) is 0 Å². The van der Waals surface area contributed by atoms with Crippen LogP contribution in [-0.2, 0) is 32.3 Å². The summed E-state index contributed by atoms with van der Waals surface area (Å²) in [5.74, 6) is -0.630. The molecular formula is C29H37ClF3N3O4S. The van der Waals surface area contributed by atoms with Gasteiger partial charge in [-0.15, -0.1) is 0 Å². The third-order valence-corrected chi connectivity index (χ3v) is 8.81. The molecule has 41 heavy (non-hydrogen) atoms. The van der Waals surface area contributed by atoms with Gasteiger partial charge in [-0.05, 0) is 55.5 Å². The number of carbonyl (C=O) groups is 2. The van der Waals surface area contributed by atoms with E-state index in [-0.39, 0.29) is 49.5 Å². The van der Waals surface area contributed by atoms with E-state index in [9.17, 15) is 31.2 Å². The van der Waals surface area contributed by atoms with Gasteiger partial charge in [-0.25, -0.2) is 8.42 Å². The normalized spacial score (nSPS) is 15.3. The molecule has 1 N–H and O–H groups in total. The lowest BCUT2D eigenvalue weighted by atomic mass is 9.95. The minimum Gasteiger partial charge on any atom is -0.352 e. The second kappa shape index (κ2) is 14.4. The van der Waals surface area contributed by atoms with Crippen molar-refractivity contribution in [1.29, 1.82) is 0 Å². The van der Waals surface area contributed by atoms with Crippen molar-refractivity contribution in [2.45, 2.75) is 83.1 Å². The standard InChI is InChI=1S/C29H37ClF3N3O4S/c1-3-26(28(38)34-23-13-5-4-6-14-23)35(20-21-11-7-8-16-25(21)30)27(37)17-10-18-36(41(2,39)40)24-15-9-12-22(19-24)29(31,32)33/h7-9,11-12,15-16,19,23,26H,3-6,10,13-14,17-18,20H2,1-2H3,(H,34,38). The zero-order chi connectivity index (χ0) is 30.2. The van der Waals surface area contributed by atoms with Gasteiger partial charge in [0, 0.05) is 30.6 Å². The van der Waals surface area contributed by atoms with Crippen molar-refractivity contribution in [3.8, 4) is 0 Å². The van der Waals surface area contributed by atoms with Crippen LogP contribution in [0.5, 0.6) is 0 Å². The number of benzene rings is 2. The molecule has 2 aromatic carbocycles. The molecule has 1 aliphatic rings. The van der Waals surface area contributed by atoms with Crippen LogP contribution in [0.1, 0.15) is 69.4 Å². The summed E-state index contributed by atoms with van der Waals surface area (Å²) in [5.41, 5.74) is -0.449. The molecule has 12 heteroatoms. The molecule has 1 aliphatic carbocycles. The summed E-state index contributed by atoms with van der Waals surface area (Å²) in [6.07, 6.45) is 1.50. The Morgan fingerprint density at radius 2 is 1.76 bits per heavy atom. The summed E-state index contributed by atoms with van der Waals surface area (Å²) < 4.78 is 65.6. The summed E-state index contributed by atoms with van der Waals surface area (Å²) in [6.45, 7) is 1.69. The highest BCUT2D eigenvalue weighted by Crippen LogP contribution is 2.32. The Labute approximate surface area is 245 Å². The lowest BCUT2D eigenvalue weighted by molar-refractivity contribution is -0.141. The van der Waals surface area contributed by atoms with Crippen LogP contribution in [0.2, 0.25) is 5.02 Å². The molecule has 1 saturated carbocycles. The van der Waals surface area contributed by atoms with E-state index in [1.54, 1.807) is 24.3 Å². The van der Waals surface area contributed by atoms with Crippen molar-refractivity contribution < 1.29 is 31.2 Å². The second-order valence-corrected chi connectivity index (χ2v) is 12.7. The molecular weight excluding hydrogens is 579 g/mol. The Kier molecular flexibility index (Phi) is 11.5. The summed E-state index contributed by atoms with van der Waals surface area (Å²) in [5, 5.41) is 3.54. The maximum Gasteiger partial charge on any atom is 0.416 e. The molecule has 0 bridgehead atoms. The zero-order valence-corrected chi connectivity index (χ0v) is 24.9. The first-order valence-corrected chi connectivity index (χ1v) is 16.0. The molecule has 0 spiro atoms. The summed E-state index contributed by atoms with van der Waals surface area (Å²) in [4.78, 5) is 28.4. The monoisotopic (exact) mass is 615 g/mol. The molecule has 1 atom stereocenters. The Morgan fingerprint density at radius 1 is 1.07 bits per heavy atom. The van der Waals surface area contributed by atoms with Gasteiger partial charge in [0.25, 0.3) is 0 Å². The lowest BCUT2D eigenvalue weighted by Gasteiger charge is -2.33. The van der Waals surface area contributed by atoms with Gasteiger partial charge in [0.05, 0.1) is 17.5 Å². The number of anilines is 1. The van der Waals surface area contributed by atoms with E-state index in [0.29, 0.717) is 17.0 Å². The Bertz CT molecular complexity index is 1300. The fraction of sp³-hybridized carbons (Fsp3) is 0.517. The van der Waals surface area contributed by atoms with Crippen molar-refractivity contribution in [1.82, 2.24) is 10.2 Å². The minimum atomic E-state index is -4.64. The van der Waals surface area contributed by atoms with E-state index in [4.69, 9.17) is 11.6 Å². The van der Waals surface area contributed by atoms with Gasteiger partial charge in [-0.1, -0.05) is 62.1 Å². The van der Waals surface area contributed by atoms with Gasteiger partial charge >= 0.3 is 6.18 Å². The number of carbonyl (C=O) groups excluding carboxylic acids is 2. The van der Waals surface area contributed by atoms with E-state index >= 15 is 0 Å². The van der Waals surface area contributed by atoms with Crippen LogP contribution in [0.15, 0.2) is 48.5 Å². The lowest BCUT2D eigenvalue weighted by Crippen LogP contribution is -2.51. The maximum atomic E-state index is 13.6. The molecule has 0 heterocycles. The topological polar surface area (TPSA) is 86.8 Å². The molecule has 226 valence electrons. The zero-order valence-electron chi connectivity index (χ0n) is 23.3. The van der Waals surface area contributed by atoms with Crippen LogP contribution in [0.4, 0.5) is 18.9 Å². The average Bonchev–Trinajstić information content (AvgIpc) is 2.91. The number of amides is 2. The first-order valence-electron chi connectivity index (χ1n) is 13.8. The van der Waals surface area contributed by atoms with Crippen molar-refractivity contribution >= 4 is 39.1 Å². The number of nitrogens with one attached hydrogen (secondary N) is 1. The molecule has 0 aliphatic heterocycles. The van der Waals surface area contributed by atoms with Crippen molar-refractivity contribution in [3.05, 3.63) is 64.7 Å². The summed E-state index contributed by atoms with van der Waals surface area (Å²) >= 11 is 6.37. The predicted molar refractivity (Wildman–Crippen MR) is 154 cm³/mol. The number of nitrogens with zero attached hydrogens (tertiary/aromatic N) is 2. The van der Waals surface area contributed by atoms with Gasteiger partial charge in [0.2, 0.25) is 21.8 Å². The van der Waals surface area contributed by atoms with Gasteiger partial charge in [0.1, 0.15) is 6.04 Å². The van der Waals surface area contributed by atoms with Crippen LogP contribution in [-0.4, -0.2) is 50.0 Å². The number of sulfonamides is 1. The summed E-state index contributed by atoms with van der Waals surface area (Å²) in [6, 6.07) is 10.4. The Morgan fingerprint density at radius 3 is 2.37 bits per heavy atom. The SMILES string of the molecule is CCC(C(=O)NC1CCCCC1)N(Cc1ccccc1Cl)C(=O)CCCN(c1cccc(C(F)(F)F)c1)S(C)(=O)=O. The number of rotatable bonds is 12. The van der Waals surface area contributed by atoms with Crippen LogP contribution >= 0.6 is 11.6 Å². The van der Waals surface area contributed by atoms with Gasteiger partial charge in [-0.2, -0.15) is 13.2 Å². The second-order valence-electron chi connectivity index (χ2n) is 10.4. The highest BCUT2D eigenvalue weighted by Gasteiger charge is 2.33. The number of hydrogen-bond acceptors (Lipinski definition) is 4. The van der Waals surface area contributed by atoms with E-state index in [2.05, 4.69) is 5.32 Å². The third-order valence-electron chi connectivity index (χ3n) is 7.25. The third kappa shape index (κ3) is 9.36. The minimum absolute atomic E-state index is 0.0296. The Hall–Kier alpha value is -2.79. The van der Waals surface area contributed by atoms with E-state index < -0.39 is 27.8 Å². The molecule has 1 fully saturated rings. The van der Waals surface area contributed by atoms with E-state index in [0.717, 1.165) is 60.9 Å². The predicted octanol–water partition coefficient (Wildman–Crippen LogP) is 6.16. The molecule has 2 amide bonds. The average molecular weight is 616 g/mol. The number of halogens is 4. The Balaban J connectivity index is 1.79. The maximum absolute atomic E-state index is 13.6. The molecule has 7 nitrogen and oxygen atoms in total. The van der Waals surface area contributed by atoms with Crippen LogP contribution < -0.4 is 9.62 Å². The molecule has 2 aromatic rings. The highest BCUT2D eigenvalue weighted by molar-refractivity contribution is 7.92. The van der Waals surface area contributed by atoms with Crippen molar-refractivity contribution in [2.24, 2.45) is 0 Å². The van der Waals surface area contributed by atoms with Gasteiger partial charge in [0.15, 0.2) is 0 Å². The molecule has 3 rings (SSSR count). The van der Waals surface area contributed by atoms with E-state index in [1.165, 1.54) is 11.0 Å². The van der Waals surface area contributed by atoms with Crippen molar-refractivity contribution in [2.75, 3.05) is 17.1 Å². The number of alkyl halides is 3.